The second kappa shape index (κ2) is 4.27. The van der Waals surface area contributed by atoms with Gasteiger partial charge in [0.2, 0.25) is 0 Å². The highest BCUT2D eigenvalue weighted by Gasteiger charge is 2.01. The van der Waals surface area contributed by atoms with Crippen molar-refractivity contribution in [2.24, 2.45) is 0 Å². The average molecular weight is 168 g/mol. The summed E-state index contributed by atoms with van der Waals surface area (Å²) in [6, 6.07) is 1.83. The summed E-state index contributed by atoms with van der Waals surface area (Å²) in [6.07, 6.45) is 3.05. The standard InChI is InChI=1S/C7H8N2O3/c1-11-6(10)5-12-7-8-3-2-4-9-7/h2-4H,5H2,1H3. The van der Waals surface area contributed by atoms with E-state index in [9.17, 15) is 4.79 Å². The van der Waals surface area contributed by atoms with Gasteiger partial charge in [-0.25, -0.2) is 14.8 Å². The Labute approximate surface area is 69.4 Å². The third kappa shape index (κ3) is 2.53. The molecule has 0 unspecified atom stereocenters. The number of rotatable bonds is 3. The van der Waals surface area contributed by atoms with Crippen LogP contribution in [-0.4, -0.2) is 29.7 Å². The molecule has 0 saturated heterocycles. The first-order valence-electron chi connectivity index (χ1n) is 3.29. The lowest BCUT2D eigenvalue weighted by Crippen LogP contribution is -2.13. The highest BCUT2D eigenvalue weighted by molar-refractivity contribution is 5.70. The molecule has 0 amide bonds. The first-order chi connectivity index (χ1) is 5.83. The van der Waals surface area contributed by atoms with Crippen molar-refractivity contribution in [1.82, 2.24) is 9.97 Å². The Morgan fingerprint density at radius 3 is 2.75 bits per heavy atom. The van der Waals surface area contributed by atoms with Gasteiger partial charge < -0.3 is 9.47 Å². The molecule has 1 rings (SSSR count). The topological polar surface area (TPSA) is 61.3 Å². The van der Waals surface area contributed by atoms with Gasteiger partial charge in [0.15, 0.2) is 6.61 Å². The highest BCUT2D eigenvalue weighted by Crippen LogP contribution is 1.96. The molecule has 0 saturated carbocycles. The zero-order valence-electron chi connectivity index (χ0n) is 6.56. The van der Waals surface area contributed by atoms with Gasteiger partial charge in [-0.3, -0.25) is 0 Å². The minimum absolute atomic E-state index is 0.166. The molecule has 0 aliphatic rings. The summed E-state index contributed by atoms with van der Waals surface area (Å²) in [5.74, 6) is -0.456. The fourth-order valence-corrected chi connectivity index (χ4v) is 0.542. The van der Waals surface area contributed by atoms with E-state index in [0.717, 1.165) is 0 Å². The number of hydrogen-bond acceptors (Lipinski definition) is 5. The van der Waals surface area contributed by atoms with Crippen molar-refractivity contribution in [2.75, 3.05) is 13.7 Å². The fourth-order valence-electron chi connectivity index (χ4n) is 0.542. The summed E-state index contributed by atoms with van der Waals surface area (Å²) in [7, 11) is 1.29. The minimum atomic E-state index is -0.456. The molecule has 0 aliphatic heterocycles. The molecular weight excluding hydrogens is 160 g/mol. The van der Waals surface area contributed by atoms with Crippen LogP contribution in [0.25, 0.3) is 0 Å². The first kappa shape index (κ1) is 8.45. The van der Waals surface area contributed by atoms with E-state index in [4.69, 9.17) is 4.74 Å². The summed E-state index contributed by atoms with van der Waals surface area (Å²) in [5.41, 5.74) is 0. The van der Waals surface area contributed by atoms with Crippen LogP contribution in [0.4, 0.5) is 0 Å². The van der Waals surface area contributed by atoms with Crippen LogP contribution in [-0.2, 0) is 9.53 Å². The van der Waals surface area contributed by atoms with Gasteiger partial charge >= 0.3 is 12.0 Å². The molecule has 0 spiro atoms. The molecule has 0 radical (unpaired) electrons. The van der Waals surface area contributed by atoms with E-state index in [1.165, 1.54) is 19.5 Å². The van der Waals surface area contributed by atoms with Crippen LogP contribution < -0.4 is 4.74 Å². The van der Waals surface area contributed by atoms with E-state index in [-0.39, 0.29) is 12.6 Å². The maximum Gasteiger partial charge on any atom is 0.344 e. The molecule has 0 atom stereocenters. The minimum Gasteiger partial charge on any atom is -0.466 e. The number of nitrogens with zero attached hydrogens (tertiary/aromatic N) is 2. The number of aromatic nitrogens is 2. The Morgan fingerprint density at radius 2 is 2.17 bits per heavy atom. The molecule has 1 heterocycles. The Hall–Kier alpha value is -1.65. The molecule has 0 aromatic carbocycles. The normalized spacial score (nSPS) is 9.08. The molecule has 5 nitrogen and oxygen atoms in total. The molecule has 1 aromatic heterocycles. The second-order valence-electron chi connectivity index (χ2n) is 1.90. The lowest BCUT2D eigenvalue weighted by Gasteiger charge is -2.00. The largest absolute Gasteiger partial charge is 0.466 e. The zero-order valence-corrected chi connectivity index (χ0v) is 6.56. The van der Waals surface area contributed by atoms with Crippen molar-refractivity contribution in [3.63, 3.8) is 0 Å². The second-order valence-corrected chi connectivity index (χ2v) is 1.90. The van der Waals surface area contributed by atoms with Crippen LogP contribution >= 0.6 is 0 Å². The molecular formula is C7H8N2O3. The third-order valence-electron chi connectivity index (χ3n) is 1.09. The van der Waals surface area contributed by atoms with Crippen LogP contribution in [0.15, 0.2) is 18.5 Å². The van der Waals surface area contributed by atoms with E-state index in [1.807, 2.05) is 0 Å². The van der Waals surface area contributed by atoms with E-state index in [2.05, 4.69) is 14.7 Å². The summed E-state index contributed by atoms with van der Waals surface area (Å²) in [4.78, 5) is 18.1. The van der Waals surface area contributed by atoms with Crippen LogP contribution in [0.3, 0.4) is 0 Å². The quantitative estimate of drug-likeness (QED) is 0.596. The van der Waals surface area contributed by atoms with Crippen molar-refractivity contribution in [3.8, 4) is 6.01 Å². The van der Waals surface area contributed by atoms with Crippen molar-refractivity contribution in [2.45, 2.75) is 0 Å². The lowest BCUT2D eigenvalue weighted by atomic mass is 10.7. The third-order valence-corrected chi connectivity index (χ3v) is 1.09. The van der Waals surface area contributed by atoms with Gasteiger partial charge in [0.1, 0.15) is 0 Å². The predicted molar refractivity (Wildman–Crippen MR) is 39.5 cm³/mol. The lowest BCUT2D eigenvalue weighted by molar-refractivity contribution is -0.143. The smallest absolute Gasteiger partial charge is 0.344 e. The Kier molecular flexibility index (Phi) is 3.01. The van der Waals surface area contributed by atoms with E-state index < -0.39 is 5.97 Å². The summed E-state index contributed by atoms with van der Waals surface area (Å²) in [6.45, 7) is -0.166. The number of carbonyl (C=O) groups excluding carboxylic acids is 1. The van der Waals surface area contributed by atoms with Crippen molar-refractivity contribution < 1.29 is 14.3 Å². The maximum atomic E-state index is 10.6. The zero-order chi connectivity index (χ0) is 8.81. The number of esters is 1. The van der Waals surface area contributed by atoms with Gasteiger partial charge in [0, 0.05) is 12.4 Å². The molecule has 1 aromatic rings. The van der Waals surface area contributed by atoms with Crippen molar-refractivity contribution in [3.05, 3.63) is 18.5 Å². The predicted octanol–water partition coefficient (Wildman–Crippen LogP) is 0.0284. The van der Waals surface area contributed by atoms with Gasteiger partial charge in [-0.05, 0) is 6.07 Å². The fraction of sp³-hybridized carbons (Fsp3) is 0.286. The molecule has 0 fully saturated rings. The Morgan fingerprint density at radius 1 is 1.50 bits per heavy atom. The van der Waals surface area contributed by atoms with Crippen LogP contribution in [0.2, 0.25) is 0 Å². The number of hydrogen-bond donors (Lipinski definition) is 0. The molecule has 0 bridgehead atoms. The van der Waals surface area contributed by atoms with E-state index in [1.54, 1.807) is 6.07 Å². The van der Waals surface area contributed by atoms with Crippen molar-refractivity contribution in [1.29, 1.82) is 0 Å². The van der Waals surface area contributed by atoms with E-state index in [0.29, 0.717) is 0 Å². The molecule has 0 aliphatic carbocycles. The van der Waals surface area contributed by atoms with Crippen LogP contribution in [0, 0.1) is 0 Å². The molecule has 0 N–H and O–H groups in total. The molecule has 5 heteroatoms. The molecule has 12 heavy (non-hydrogen) atoms. The maximum absolute atomic E-state index is 10.6. The Bertz CT molecular complexity index is 250. The Balaban J connectivity index is 2.38. The van der Waals surface area contributed by atoms with Gasteiger partial charge in [-0.1, -0.05) is 0 Å². The van der Waals surface area contributed by atoms with Crippen molar-refractivity contribution >= 4 is 5.97 Å². The summed E-state index contributed by atoms with van der Waals surface area (Å²) < 4.78 is 9.21. The number of methoxy groups -OCH3 is 1. The first-order valence-corrected chi connectivity index (χ1v) is 3.29. The number of carbonyl (C=O) groups is 1. The SMILES string of the molecule is COC(=O)COc1ncccn1. The summed E-state index contributed by atoms with van der Waals surface area (Å²) >= 11 is 0. The van der Waals surface area contributed by atoms with Gasteiger partial charge in [0.05, 0.1) is 7.11 Å². The van der Waals surface area contributed by atoms with Gasteiger partial charge in [-0.2, -0.15) is 0 Å². The van der Waals surface area contributed by atoms with Crippen LogP contribution in [0.1, 0.15) is 0 Å². The van der Waals surface area contributed by atoms with E-state index >= 15 is 0 Å². The average Bonchev–Trinajstić information content (AvgIpc) is 2.16. The van der Waals surface area contributed by atoms with Crippen LogP contribution in [0.5, 0.6) is 6.01 Å². The van der Waals surface area contributed by atoms with Gasteiger partial charge in [-0.15, -0.1) is 0 Å². The highest BCUT2D eigenvalue weighted by atomic mass is 16.6. The monoisotopic (exact) mass is 168 g/mol. The van der Waals surface area contributed by atoms with Gasteiger partial charge in [0.25, 0.3) is 0 Å². The molecule has 64 valence electrons. The summed E-state index contributed by atoms with van der Waals surface area (Å²) in [5, 5.41) is 0. The number of ether oxygens (including phenoxy) is 2.